The number of benzene rings is 1. The van der Waals surface area contributed by atoms with E-state index in [9.17, 15) is 19.2 Å². The molecule has 0 radical (unpaired) electrons. The molecule has 0 aromatic heterocycles. The van der Waals surface area contributed by atoms with Gasteiger partial charge in [-0.05, 0) is 45.0 Å². The topological polar surface area (TPSA) is 137 Å². The summed E-state index contributed by atoms with van der Waals surface area (Å²) in [6, 6.07) is 3.97. The molecule has 9 nitrogen and oxygen atoms in total. The zero-order valence-corrected chi connectivity index (χ0v) is 14.4. The molecule has 0 aliphatic rings. The number of hydrogen-bond donors (Lipinski definition) is 3. The van der Waals surface area contributed by atoms with E-state index in [1.54, 1.807) is 20.8 Å². The van der Waals surface area contributed by atoms with Crippen LogP contribution in [0.3, 0.4) is 0 Å². The molecule has 0 bridgehead atoms. The van der Waals surface area contributed by atoms with Crippen molar-refractivity contribution < 1.29 is 28.7 Å². The number of carbonyl (C=O) groups is 4. The van der Waals surface area contributed by atoms with Gasteiger partial charge >= 0.3 is 11.9 Å². The Balaban J connectivity index is 2.59. The second-order valence-corrected chi connectivity index (χ2v) is 6.02. The van der Waals surface area contributed by atoms with Crippen molar-refractivity contribution in [1.82, 2.24) is 10.9 Å². The first-order chi connectivity index (χ1) is 11.5. The van der Waals surface area contributed by atoms with E-state index in [2.05, 4.69) is 10.2 Å². The molecule has 136 valence electrons. The van der Waals surface area contributed by atoms with E-state index in [1.807, 2.05) is 5.43 Å². The van der Waals surface area contributed by atoms with E-state index in [4.69, 9.17) is 10.5 Å². The van der Waals surface area contributed by atoms with Crippen LogP contribution in [-0.4, -0.2) is 42.5 Å². The van der Waals surface area contributed by atoms with E-state index < -0.39 is 35.4 Å². The maximum atomic E-state index is 11.9. The molecule has 1 atom stereocenters. The zero-order chi connectivity index (χ0) is 19.2. The Morgan fingerprint density at radius 3 is 2.00 bits per heavy atom. The predicted molar refractivity (Wildman–Crippen MR) is 87.2 cm³/mol. The predicted octanol–water partition coefficient (Wildman–Crippen LogP) is -0.0968. The third-order valence-corrected chi connectivity index (χ3v) is 2.81. The molecule has 0 spiro atoms. The fourth-order valence-corrected chi connectivity index (χ4v) is 1.62. The molecule has 0 aliphatic heterocycles. The number of esters is 2. The monoisotopic (exact) mass is 351 g/mol. The molecule has 25 heavy (non-hydrogen) atoms. The van der Waals surface area contributed by atoms with Crippen LogP contribution in [0.25, 0.3) is 0 Å². The van der Waals surface area contributed by atoms with E-state index in [1.165, 1.54) is 31.4 Å². The van der Waals surface area contributed by atoms with Crippen LogP contribution in [0.1, 0.15) is 41.5 Å². The number of nitrogens with one attached hydrogen (secondary N) is 2. The molecule has 0 saturated heterocycles. The van der Waals surface area contributed by atoms with E-state index in [0.717, 1.165) is 0 Å². The summed E-state index contributed by atoms with van der Waals surface area (Å²) in [4.78, 5) is 46.7. The summed E-state index contributed by atoms with van der Waals surface area (Å²) < 4.78 is 9.52. The molecule has 1 rings (SSSR count). The fraction of sp³-hybridized carbons (Fsp3) is 0.375. The van der Waals surface area contributed by atoms with Crippen LogP contribution in [0.15, 0.2) is 24.3 Å². The number of nitrogens with two attached hydrogens (primary N) is 1. The number of amides is 2. The van der Waals surface area contributed by atoms with Crippen molar-refractivity contribution in [3.8, 4) is 0 Å². The zero-order valence-electron chi connectivity index (χ0n) is 14.4. The molecule has 0 saturated carbocycles. The van der Waals surface area contributed by atoms with Crippen molar-refractivity contribution in [3.05, 3.63) is 35.4 Å². The smallest absolute Gasteiger partial charge is 0.337 e. The van der Waals surface area contributed by atoms with Crippen LogP contribution < -0.4 is 16.6 Å². The lowest BCUT2D eigenvalue weighted by atomic mass is 10.1. The van der Waals surface area contributed by atoms with Gasteiger partial charge in [-0.1, -0.05) is 0 Å². The first-order valence-electron chi connectivity index (χ1n) is 7.32. The minimum Gasteiger partial charge on any atom is -0.465 e. The molecular formula is C16H21N3O6. The first-order valence-corrected chi connectivity index (χ1v) is 7.32. The van der Waals surface area contributed by atoms with Crippen LogP contribution >= 0.6 is 0 Å². The standard InChI is InChI=1S/C16H21N3O6/c1-16(2,3)25-15(23)11(17)13(21)19-18-12(20)9-5-7-10(8-6-9)14(22)24-4/h5-8,11H,17H2,1-4H3,(H,18,20)(H,19,21). The third kappa shape index (κ3) is 6.22. The van der Waals surface area contributed by atoms with Crippen LogP contribution in [0.4, 0.5) is 0 Å². The summed E-state index contributed by atoms with van der Waals surface area (Å²) in [5.74, 6) is -3.03. The van der Waals surface area contributed by atoms with Gasteiger partial charge in [-0.15, -0.1) is 0 Å². The Hall–Kier alpha value is -2.94. The molecule has 0 fully saturated rings. The fourth-order valence-electron chi connectivity index (χ4n) is 1.62. The van der Waals surface area contributed by atoms with Gasteiger partial charge < -0.3 is 15.2 Å². The number of methoxy groups -OCH3 is 1. The van der Waals surface area contributed by atoms with Crippen LogP contribution in [0.2, 0.25) is 0 Å². The highest BCUT2D eigenvalue weighted by atomic mass is 16.6. The summed E-state index contributed by atoms with van der Waals surface area (Å²) in [6.07, 6.45) is 0. The maximum Gasteiger partial charge on any atom is 0.337 e. The van der Waals surface area contributed by atoms with Gasteiger partial charge in [-0.25, -0.2) is 9.59 Å². The number of rotatable bonds is 4. The largest absolute Gasteiger partial charge is 0.465 e. The molecule has 2 amide bonds. The number of carbonyl (C=O) groups excluding carboxylic acids is 4. The number of ether oxygens (including phenoxy) is 2. The third-order valence-electron chi connectivity index (χ3n) is 2.81. The lowest BCUT2D eigenvalue weighted by Crippen LogP contribution is -2.53. The quantitative estimate of drug-likeness (QED) is 0.391. The minimum absolute atomic E-state index is 0.179. The van der Waals surface area contributed by atoms with Gasteiger partial charge in [0, 0.05) is 5.56 Å². The molecular weight excluding hydrogens is 330 g/mol. The number of hydrogen-bond acceptors (Lipinski definition) is 7. The molecule has 0 heterocycles. The Morgan fingerprint density at radius 2 is 1.52 bits per heavy atom. The summed E-state index contributed by atoms with van der Waals surface area (Å²) in [5.41, 5.74) is 9.29. The Morgan fingerprint density at radius 1 is 1.00 bits per heavy atom. The second-order valence-electron chi connectivity index (χ2n) is 6.02. The first kappa shape index (κ1) is 20.1. The highest BCUT2D eigenvalue weighted by molar-refractivity contribution is 6.03. The highest BCUT2D eigenvalue weighted by Gasteiger charge is 2.28. The van der Waals surface area contributed by atoms with E-state index in [-0.39, 0.29) is 11.1 Å². The molecule has 1 unspecified atom stereocenters. The molecule has 1 aromatic carbocycles. The van der Waals surface area contributed by atoms with Gasteiger partial charge in [0.1, 0.15) is 5.60 Å². The Labute approximate surface area is 144 Å². The van der Waals surface area contributed by atoms with Gasteiger partial charge in [-0.2, -0.15) is 0 Å². The average Bonchev–Trinajstić information content (AvgIpc) is 2.56. The summed E-state index contributed by atoms with van der Waals surface area (Å²) in [6.45, 7) is 4.90. The van der Waals surface area contributed by atoms with Crippen molar-refractivity contribution in [1.29, 1.82) is 0 Å². The summed E-state index contributed by atoms with van der Waals surface area (Å²) in [5, 5.41) is 0. The lowest BCUT2D eigenvalue weighted by Gasteiger charge is -2.21. The van der Waals surface area contributed by atoms with Crippen molar-refractivity contribution >= 4 is 23.8 Å². The summed E-state index contributed by atoms with van der Waals surface area (Å²) >= 11 is 0. The van der Waals surface area contributed by atoms with Crippen molar-refractivity contribution in [2.75, 3.05) is 7.11 Å². The molecule has 0 aliphatic carbocycles. The highest BCUT2D eigenvalue weighted by Crippen LogP contribution is 2.08. The SMILES string of the molecule is COC(=O)c1ccc(C(=O)NNC(=O)C(N)C(=O)OC(C)(C)C)cc1. The Bertz CT molecular complexity index is 663. The molecule has 1 aromatic rings. The lowest BCUT2D eigenvalue weighted by molar-refractivity contribution is -0.158. The second kappa shape index (κ2) is 8.25. The van der Waals surface area contributed by atoms with Crippen LogP contribution in [0.5, 0.6) is 0 Å². The van der Waals surface area contributed by atoms with Crippen molar-refractivity contribution in [2.45, 2.75) is 32.4 Å². The summed E-state index contributed by atoms with van der Waals surface area (Å²) in [7, 11) is 1.24. The van der Waals surface area contributed by atoms with E-state index in [0.29, 0.717) is 0 Å². The minimum atomic E-state index is -1.58. The van der Waals surface area contributed by atoms with Crippen molar-refractivity contribution in [2.24, 2.45) is 5.73 Å². The van der Waals surface area contributed by atoms with Gasteiger partial charge in [0.15, 0.2) is 6.04 Å². The average molecular weight is 351 g/mol. The molecule has 9 heteroatoms. The van der Waals surface area contributed by atoms with Crippen LogP contribution in [-0.2, 0) is 19.1 Å². The van der Waals surface area contributed by atoms with Crippen LogP contribution in [0, 0.1) is 0 Å². The van der Waals surface area contributed by atoms with Gasteiger partial charge in [0.05, 0.1) is 12.7 Å². The van der Waals surface area contributed by atoms with Crippen molar-refractivity contribution in [3.63, 3.8) is 0 Å². The van der Waals surface area contributed by atoms with Gasteiger partial charge in [0.25, 0.3) is 11.8 Å². The maximum absolute atomic E-state index is 11.9. The normalized spacial score (nSPS) is 11.9. The van der Waals surface area contributed by atoms with Gasteiger partial charge in [0.2, 0.25) is 0 Å². The number of hydrazine groups is 1. The van der Waals surface area contributed by atoms with Gasteiger partial charge in [-0.3, -0.25) is 20.4 Å². The van der Waals surface area contributed by atoms with E-state index >= 15 is 0 Å². The molecule has 4 N–H and O–H groups in total. The Kier molecular flexibility index (Phi) is 6.63.